The van der Waals surface area contributed by atoms with Crippen LogP contribution in [0.4, 0.5) is 11.4 Å². The molecule has 2 heterocycles. The number of thioether (sulfide) groups is 1. The highest BCUT2D eigenvalue weighted by molar-refractivity contribution is 7.99. The molecule has 0 saturated carbocycles. The molecular formula is C20H23N5O3S2. The maximum Gasteiger partial charge on any atom is 0.269 e. The van der Waals surface area contributed by atoms with Crippen molar-refractivity contribution in [2.45, 2.75) is 44.8 Å². The van der Waals surface area contributed by atoms with Gasteiger partial charge in [-0.2, -0.15) is 0 Å². The Balaban J connectivity index is 1.67. The van der Waals surface area contributed by atoms with E-state index in [1.165, 1.54) is 40.9 Å². The minimum absolute atomic E-state index is 0.0170. The Morgan fingerprint density at radius 1 is 1.30 bits per heavy atom. The number of nitrogens with zero attached hydrogens (tertiary/aromatic N) is 4. The Hall–Kier alpha value is -2.72. The highest BCUT2D eigenvalue weighted by atomic mass is 32.2. The second-order valence-electron chi connectivity index (χ2n) is 6.99. The lowest BCUT2D eigenvalue weighted by molar-refractivity contribution is -0.384. The SMILES string of the molecule is CCCn1c(SCC(=O)Nc2ccc([N+](=O)[O-])cc2)nnc1-c1csc(C(C)C)c1. The molecule has 0 aliphatic rings. The second kappa shape index (κ2) is 9.86. The van der Waals surface area contributed by atoms with Gasteiger partial charge >= 0.3 is 0 Å². The summed E-state index contributed by atoms with van der Waals surface area (Å²) in [6.07, 6.45) is 0.925. The van der Waals surface area contributed by atoms with Crippen LogP contribution in [0.2, 0.25) is 0 Å². The first kappa shape index (κ1) is 22.0. The summed E-state index contributed by atoms with van der Waals surface area (Å²) in [5.74, 6) is 1.24. The van der Waals surface area contributed by atoms with Gasteiger partial charge in [-0.05, 0) is 30.5 Å². The molecule has 0 saturated heterocycles. The van der Waals surface area contributed by atoms with E-state index < -0.39 is 4.92 Å². The predicted molar refractivity (Wildman–Crippen MR) is 120 cm³/mol. The molecule has 0 radical (unpaired) electrons. The van der Waals surface area contributed by atoms with Crippen LogP contribution in [0.1, 0.15) is 38.0 Å². The minimum Gasteiger partial charge on any atom is -0.325 e. The summed E-state index contributed by atoms with van der Waals surface area (Å²) < 4.78 is 2.05. The average molecular weight is 446 g/mol. The molecule has 10 heteroatoms. The molecule has 1 N–H and O–H groups in total. The van der Waals surface area contributed by atoms with Gasteiger partial charge in [-0.15, -0.1) is 21.5 Å². The van der Waals surface area contributed by atoms with Gasteiger partial charge in [0.2, 0.25) is 5.91 Å². The fraction of sp³-hybridized carbons (Fsp3) is 0.350. The lowest BCUT2D eigenvalue weighted by atomic mass is 10.1. The molecule has 158 valence electrons. The molecule has 2 aromatic heterocycles. The number of non-ortho nitro benzene ring substituents is 1. The molecule has 0 fully saturated rings. The summed E-state index contributed by atoms with van der Waals surface area (Å²) in [5, 5.41) is 24.9. The van der Waals surface area contributed by atoms with Gasteiger partial charge in [0.25, 0.3) is 5.69 Å². The van der Waals surface area contributed by atoms with Gasteiger partial charge in [0, 0.05) is 40.2 Å². The summed E-state index contributed by atoms with van der Waals surface area (Å²) in [5.41, 5.74) is 1.55. The Morgan fingerprint density at radius 2 is 2.03 bits per heavy atom. The molecule has 0 atom stereocenters. The van der Waals surface area contributed by atoms with Crippen molar-refractivity contribution in [2.75, 3.05) is 11.1 Å². The Bertz CT molecular complexity index is 1030. The van der Waals surface area contributed by atoms with Crippen LogP contribution in [-0.4, -0.2) is 31.3 Å². The van der Waals surface area contributed by atoms with Crippen molar-refractivity contribution in [1.82, 2.24) is 14.8 Å². The molecule has 3 aromatic rings. The maximum absolute atomic E-state index is 12.3. The van der Waals surface area contributed by atoms with E-state index >= 15 is 0 Å². The lowest BCUT2D eigenvalue weighted by Gasteiger charge is -2.08. The third-order valence-electron chi connectivity index (χ3n) is 4.31. The average Bonchev–Trinajstić information content (AvgIpc) is 3.34. The van der Waals surface area contributed by atoms with Crippen molar-refractivity contribution >= 4 is 40.4 Å². The molecule has 30 heavy (non-hydrogen) atoms. The molecular weight excluding hydrogens is 422 g/mol. The molecule has 0 spiro atoms. The topological polar surface area (TPSA) is 103 Å². The van der Waals surface area contributed by atoms with E-state index in [2.05, 4.69) is 52.3 Å². The second-order valence-corrected chi connectivity index (χ2v) is 8.88. The third-order valence-corrected chi connectivity index (χ3v) is 6.51. The normalized spacial score (nSPS) is 11.1. The number of anilines is 1. The first-order valence-corrected chi connectivity index (χ1v) is 11.4. The fourth-order valence-electron chi connectivity index (χ4n) is 2.80. The van der Waals surface area contributed by atoms with Crippen LogP contribution in [0, 0.1) is 10.1 Å². The quantitative estimate of drug-likeness (QED) is 0.277. The standard InChI is InChI=1S/C20H23N5O3S2/c1-4-9-24-19(14-10-17(13(2)3)29-11-14)22-23-20(24)30-12-18(26)21-15-5-7-16(8-6-15)25(27)28/h5-8,10-11,13H,4,9,12H2,1-3H3,(H,21,26). The Kier molecular flexibility index (Phi) is 7.22. The number of carbonyl (C=O) groups excluding carboxylic acids is 1. The van der Waals surface area contributed by atoms with Crippen molar-refractivity contribution in [3.8, 4) is 11.4 Å². The highest BCUT2D eigenvalue weighted by Crippen LogP contribution is 2.31. The molecule has 8 nitrogen and oxygen atoms in total. The summed E-state index contributed by atoms with van der Waals surface area (Å²) >= 11 is 3.04. The number of benzene rings is 1. The first-order valence-electron chi connectivity index (χ1n) is 9.58. The zero-order chi connectivity index (χ0) is 21.7. The summed E-state index contributed by atoms with van der Waals surface area (Å²) in [6, 6.07) is 7.90. The maximum atomic E-state index is 12.3. The van der Waals surface area contributed by atoms with Crippen LogP contribution >= 0.6 is 23.1 Å². The number of carbonyl (C=O) groups is 1. The van der Waals surface area contributed by atoms with Crippen LogP contribution in [0.3, 0.4) is 0 Å². The van der Waals surface area contributed by atoms with Crippen molar-refractivity contribution in [1.29, 1.82) is 0 Å². The van der Waals surface area contributed by atoms with Gasteiger partial charge in [-0.25, -0.2) is 0 Å². The molecule has 3 rings (SSSR count). The summed E-state index contributed by atoms with van der Waals surface area (Å²) in [4.78, 5) is 23.8. The third kappa shape index (κ3) is 5.25. The van der Waals surface area contributed by atoms with E-state index in [1.807, 2.05) is 0 Å². The Morgan fingerprint density at radius 3 is 2.63 bits per heavy atom. The van der Waals surface area contributed by atoms with Gasteiger partial charge < -0.3 is 9.88 Å². The van der Waals surface area contributed by atoms with Gasteiger partial charge in [0.1, 0.15) is 0 Å². The molecule has 0 bridgehead atoms. The van der Waals surface area contributed by atoms with E-state index in [0.717, 1.165) is 24.4 Å². The number of nitro benzene ring substituents is 1. The summed E-state index contributed by atoms with van der Waals surface area (Å²) in [7, 11) is 0. The van der Waals surface area contributed by atoms with E-state index in [1.54, 1.807) is 11.3 Å². The van der Waals surface area contributed by atoms with Crippen LogP contribution in [-0.2, 0) is 11.3 Å². The van der Waals surface area contributed by atoms with Crippen LogP contribution in [0.25, 0.3) is 11.4 Å². The van der Waals surface area contributed by atoms with Crippen LogP contribution < -0.4 is 5.32 Å². The number of rotatable bonds is 9. The van der Waals surface area contributed by atoms with Gasteiger partial charge in [-0.1, -0.05) is 32.5 Å². The van der Waals surface area contributed by atoms with Crippen molar-refractivity contribution in [3.63, 3.8) is 0 Å². The number of aromatic nitrogens is 3. The first-order chi connectivity index (χ1) is 14.4. The van der Waals surface area contributed by atoms with Crippen LogP contribution in [0.15, 0.2) is 40.9 Å². The Labute approximate surface area is 182 Å². The molecule has 0 aliphatic carbocycles. The van der Waals surface area contributed by atoms with Gasteiger partial charge in [-0.3, -0.25) is 14.9 Å². The molecule has 0 unspecified atom stereocenters. The number of nitrogens with one attached hydrogen (secondary N) is 1. The number of hydrogen-bond acceptors (Lipinski definition) is 7. The number of nitro groups is 1. The highest BCUT2D eigenvalue weighted by Gasteiger charge is 2.17. The molecule has 0 aliphatic heterocycles. The monoisotopic (exact) mass is 445 g/mol. The van der Waals surface area contributed by atoms with Gasteiger partial charge in [0.05, 0.1) is 10.7 Å². The number of hydrogen-bond donors (Lipinski definition) is 1. The van der Waals surface area contributed by atoms with E-state index in [-0.39, 0.29) is 17.3 Å². The van der Waals surface area contributed by atoms with E-state index in [4.69, 9.17) is 0 Å². The van der Waals surface area contributed by atoms with Gasteiger partial charge in [0.15, 0.2) is 11.0 Å². The smallest absolute Gasteiger partial charge is 0.269 e. The zero-order valence-corrected chi connectivity index (χ0v) is 18.6. The molecule has 1 aromatic carbocycles. The van der Waals surface area contributed by atoms with Crippen molar-refractivity contribution in [3.05, 3.63) is 50.7 Å². The number of thiophene rings is 1. The molecule has 1 amide bonds. The van der Waals surface area contributed by atoms with Crippen molar-refractivity contribution < 1.29 is 9.72 Å². The lowest BCUT2D eigenvalue weighted by Crippen LogP contribution is -2.14. The van der Waals surface area contributed by atoms with Crippen LogP contribution in [0.5, 0.6) is 0 Å². The van der Waals surface area contributed by atoms with E-state index in [0.29, 0.717) is 16.8 Å². The minimum atomic E-state index is -0.475. The largest absolute Gasteiger partial charge is 0.325 e. The van der Waals surface area contributed by atoms with E-state index in [9.17, 15) is 14.9 Å². The van der Waals surface area contributed by atoms with Crippen molar-refractivity contribution in [2.24, 2.45) is 0 Å². The summed E-state index contributed by atoms with van der Waals surface area (Å²) in [6.45, 7) is 7.18. The fourth-order valence-corrected chi connectivity index (χ4v) is 4.47. The predicted octanol–water partition coefficient (Wildman–Crippen LogP) is 5.18. The zero-order valence-electron chi connectivity index (χ0n) is 17.0. The number of amides is 1.